The van der Waals surface area contributed by atoms with Crippen LogP contribution in [0.15, 0.2) is 53.4 Å². The van der Waals surface area contributed by atoms with E-state index in [9.17, 15) is 31.5 Å². The Labute approximate surface area is 158 Å². The summed E-state index contributed by atoms with van der Waals surface area (Å²) >= 11 is 5.68. The highest BCUT2D eigenvalue weighted by atomic mass is 35.5. The van der Waals surface area contributed by atoms with Crippen molar-refractivity contribution in [3.8, 4) is 0 Å². The predicted molar refractivity (Wildman–Crippen MR) is 92.7 cm³/mol. The van der Waals surface area contributed by atoms with Gasteiger partial charge in [-0.1, -0.05) is 17.7 Å². The van der Waals surface area contributed by atoms with Gasteiger partial charge in [0.15, 0.2) is 0 Å². The Kier molecular flexibility index (Phi) is 6.47. The number of anilines is 1. The van der Waals surface area contributed by atoms with E-state index in [4.69, 9.17) is 11.6 Å². The van der Waals surface area contributed by atoms with Gasteiger partial charge in [0.2, 0.25) is 15.9 Å². The van der Waals surface area contributed by atoms with Gasteiger partial charge in [0.05, 0.1) is 17.1 Å². The van der Waals surface area contributed by atoms with Gasteiger partial charge < -0.3 is 10.4 Å². The molecule has 0 saturated heterocycles. The van der Waals surface area contributed by atoms with Crippen LogP contribution in [0.2, 0.25) is 5.02 Å². The van der Waals surface area contributed by atoms with E-state index in [1.54, 1.807) is 0 Å². The Morgan fingerprint density at radius 1 is 1.15 bits per heavy atom. The summed E-state index contributed by atoms with van der Waals surface area (Å²) in [6.45, 7) is -0.905. The first kappa shape index (κ1) is 21.2. The number of sulfonamides is 1. The number of alkyl halides is 3. The van der Waals surface area contributed by atoms with Gasteiger partial charge in [-0.3, -0.25) is 4.79 Å². The molecule has 0 aliphatic heterocycles. The van der Waals surface area contributed by atoms with E-state index in [0.29, 0.717) is 11.1 Å². The summed E-state index contributed by atoms with van der Waals surface area (Å²) in [5, 5.41) is 11.8. The second-order valence-electron chi connectivity index (χ2n) is 5.38. The lowest BCUT2D eigenvalue weighted by molar-refractivity contribution is -0.137. The number of halogens is 4. The van der Waals surface area contributed by atoms with E-state index >= 15 is 0 Å². The number of rotatable bonds is 6. The molecule has 0 bridgehead atoms. The van der Waals surface area contributed by atoms with Gasteiger partial charge in [0, 0.05) is 10.7 Å². The standard InChI is InChI=1S/C16H14ClF3N2O4S/c17-11-4-6-13(7-5-11)27(25,26)22-14(9-23)15(24)21-12-3-1-2-10(8-12)16(18,19)20/h1-8,14,22-23H,9H2,(H,21,24)/t14-/m0/s1. The molecule has 11 heteroatoms. The first-order valence-corrected chi connectivity index (χ1v) is 9.26. The average molecular weight is 423 g/mol. The fourth-order valence-corrected chi connectivity index (χ4v) is 3.36. The molecule has 0 saturated carbocycles. The van der Waals surface area contributed by atoms with E-state index < -0.39 is 40.3 Å². The van der Waals surface area contributed by atoms with Gasteiger partial charge >= 0.3 is 6.18 Å². The third-order valence-electron chi connectivity index (χ3n) is 3.38. The monoisotopic (exact) mass is 422 g/mol. The Hall–Kier alpha value is -2.14. The van der Waals surface area contributed by atoms with Crippen LogP contribution in [0.3, 0.4) is 0 Å². The Balaban J connectivity index is 2.15. The van der Waals surface area contributed by atoms with Crippen LogP contribution >= 0.6 is 11.6 Å². The first-order chi connectivity index (χ1) is 12.5. The molecule has 0 radical (unpaired) electrons. The van der Waals surface area contributed by atoms with Crippen molar-refractivity contribution in [3.63, 3.8) is 0 Å². The van der Waals surface area contributed by atoms with Gasteiger partial charge in [-0.25, -0.2) is 8.42 Å². The highest BCUT2D eigenvalue weighted by molar-refractivity contribution is 7.89. The summed E-state index contributed by atoms with van der Waals surface area (Å²) < 4.78 is 64.7. The van der Waals surface area contributed by atoms with Crippen molar-refractivity contribution in [2.24, 2.45) is 0 Å². The number of hydrogen-bond donors (Lipinski definition) is 3. The van der Waals surface area contributed by atoms with Crippen LogP contribution < -0.4 is 10.0 Å². The molecule has 1 atom stereocenters. The fourth-order valence-electron chi connectivity index (χ4n) is 2.05. The maximum Gasteiger partial charge on any atom is 0.416 e. The summed E-state index contributed by atoms with van der Waals surface area (Å²) in [5.74, 6) is -1.02. The summed E-state index contributed by atoms with van der Waals surface area (Å²) in [5.41, 5.74) is -1.18. The normalized spacial score (nSPS) is 13.2. The van der Waals surface area contributed by atoms with Crippen molar-refractivity contribution in [1.82, 2.24) is 4.72 Å². The third-order valence-corrected chi connectivity index (χ3v) is 5.12. The molecule has 0 aliphatic carbocycles. The molecule has 3 N–H and O–H groups in total. The van der Waals surface area contributed by atoms with E-state index in [1.165, 1.54) is 30.3 Å². The molecule has 2 aromatic carbocycles. The minimum absolute atomic E-state index is 0.195. The zero-order valence-corrected chi connectivity index (χ0v) is 15.1. The number of aliphatic hydroxyl groups is 1. The van der Waals surface area contributed by atoms with Crippen molar-refractivity contribution in [2.45, 2.75) is 17.1 Å². The second-order valence-corrected chi connectivity index (χ2v) is 7.53. The van der Waals surface area contributed by atoms with Gasteiger partial charge in [0.25, 0.3) is 0 Å². The quantitative estimate of drug-likeness (QED) is 0.667. The number of amides is 1. The molecular formula is C16H14ClF3N2O4S. The van der Waals surface area contributed by atoms with Crippen LogP contribution in [0, 0.1) is 0 Å². The second kappa shape index (κ2) is 8.26. The van der Waals surface area contributed by atoms with Crippen LogP contribution in [0.4, 0.5) is 18.9 Å². The van der Waals surface area contributed by atoms with Crippen molar-refractivity contribution >= 4 is 33.2 Å². The minimum Gasteiger partial charge on any atom is -0.394 e. The minimum atomic E-state index is -4.60. The summed E-state index contributed by atoms with van der Waals surface area (Å²) in [7, 11) is -4.17. The number of hydrogen-bond acceptors (Lipinski definition) is 4. The van der Waals surface area contributed by atoms with Crippen LogP contribution in [0.1, 0.15) is 5.56 Å². The number of carbonyl (C=O) groups excluding carboxylic acids is 1. The molecule has 27 heavy (non-hydrogen) atoms. The smallest absolute Gasteiger partial charge is 0.394 e. The lowest BCUT2D eigenvalue weighted by Gasteiger charge is -2.17. The molecule has 0 unspecified atom stereocenters. The maximum atomic E-state index is 12.7. The van der Waals surface area contributed by atoms with Gasteiger partial charge in [-0.2, -0.15) is 17.9 Å². The molecule has 146 valence electrons. The van der Waals surface area contributed by atoms with Crippen molar-refractivity contribution in [3.05, 3.63) is 59.1 Å². The van der Waals surface area contributed by atoms with Crippen LogP contribution in [-0.4, -0.2) is 32.1 Å². The Morgan fingerprint density at radius 3 is 2.33 bits per heavy atom. The molecule has 0 aromatic heterocycles. The summed E-state index contributed by atoms with van der Waals surface area (Å²) in [6.07, 6.45) is -4.60. The van der Waals surface area contributed by atoms with E-state index in [-0.39, 0.29) is 10.6 Å². The van der Waals surface area contributed by atoms with E-state index in [0.717, 1.165) is 12.1 Å². The van der Waals surface area contributed by atoms with Crippen molar-refractivity contribution in [2.75, 3.05) is 11.9 Å². The lowest BCUT2D eigenvalue weighted by atomic mass is 10.2. The van der Waals surface area contributed by atoms with Gasteiger partial charge in [-0.15, -0.1) is 0 Å². The topological polar surface area (TPSA) is 95.5 Å². The molecule has 1 amide bonds. The van der Waals surface area contributed by atoms with Crippen molar-refractivity contribution < 1.29 is 31.5 Å². The van der Waals surface area contributed by atoms with E-state index in [1.807, 2.05) is 4.72 Å². The first-order valence-electron chi connectivity index (χ1n) is 7.40. The van der Waals surface area contributed by atoms with Crippen molar-refractivity contribution in [1.29, 1.82) is 0 Å². The molecule has 0 fully saturated rings. The van der Waals surface area contributed by atoms with Gasteiger partial charge in [0.1, 0.15) is 6.04 Å². The molecule has 6 nitrogen and oxygen atoms in total. The molecule has 0 heterocycles. The largest absolute Gasteiger partial charge is 0.416 e. The number of aliphatic hydroxyl groups excluding tert-OH is 1. The zero-order valence-electron chi connectivity index (χ0n) is 13.5. The van der Waals surface area contributed by atoms with E-state index in [2.05, 4.69) is 5.32 Å². The molecule has 0 aliphatic rings. The highest BCUT2D eigenvalue weighted by Crippen LogP contribution is 2.30. The highest BCUT2D eigenvalue weighted by Gasteiger charge is 2.31. The third kappa shape index (κ3) is 5.67. The predicted octanol–water partition coefficient (Wildman–Crippen LogP) is 2.64. The number of benzene rings is 2. The van der Waals surface area contributed by atoms with Gasteiger partial charge in [-0.05, 0) is 42.5 Å². The molecular weight excluding hydrogens is 409 g/mol. The Bertz CT molecular complexity index is 918. The maximum absolute atomic E-state index is 12.7. The summed E-state index contributed by atoms with van der Waals surface area (Å²) in [6, 6.07) is 7.25. The lowest BCUT2D eigenvalue weighted by Crippen LogP contribution is -2.46. The molecule has 2 aromatic rings. The summed E-state index contributed by atoms with van der Waals surface area (Å²) in [4.78, 5) is 12.0. The number of nitrogens with one attached hydrogen (secondary N) is 2. The van der Waals surface area contributed by atoms with Crippen LogP contribution in [0.5, 0.6) is 0 Å². The molecule has 0 spiro atoms. The van der Waals surface area contributed by atoms with Crippen LogP contribution in [0.25, 0.3) is 0 Å². The zero-order chi connectivity index (χ0) is 20.2. The Morgan fingerprint density at radius 2 is 1.78 bits per heavy atom. The fraction of sp³-hybridized carbons (Fsp3) is 0.188. The van der Waals surface area contributed by atoms with Crippen LogP contribution in [-0.2, 0) is 21.0 Å². The number of carbonyl (C=O) groups is 1. The SMILES string of the molecule is O=C(Nc1cccc(C(F)(F)F)c1)[C@H](CO)NS(=O)(=O)c1ccc(Cl)cc1. The average Bonchev–Trinajstić information content (AvgIpc) is 2.59. The molecule has 2 rings (SSSR count).